The summed E-state index contributed by atoms with van der Waals surface area (Å²) in [5.74, 6) is 3.11. The highest BCUT2D eigenvalue weighted by molar-refractivity contribution is 7.99. The van der Waals surface area contributed by atoms with E-state index in [-0.39, 0.29) is 6.03 Å². The van der Waals surface area contributed by atoms with Gasteiger partial charge < -0.3 is 9.80 Å². The lowest BCUT2D eigenvalue weighted by atomic mass is 9.99. The number of amides is 2. The van der Waals surface area contributed by atoms with Crippen LogP contribution >= 0.6 is 11.8 Å². The first kappa shape index (κ1) is 12.1. The Morgan fingerprint density at radius 1 is 1.06 bits per heavy atom. The molecule has 2 fully saturated rings. The Morgan fingerprint density at radius 3 is 2.50 bits per heavy atom. The van der Waals surface area contributed by atoms with Crippen LogP contribution in [0.1, 0.15) is 26.2 Å². The van der Waals surface area contributed by atoms with Crippen LogP contribution in [0.2, 0.25) is 0 Å². The van der Waals surface area contributed by atoms with Gasteiger partial charge in [0, 0.05) is 31.9 Å². The van der Waals surface area contributed by atoms with Gasteiger partial charge in [-0.15, -0.1) is 0 Å². The Morgan fingerprint density at radius 2 is 1.75 bits per heavy atom. The van der Waals surface area contributed by atoms with Crippen LogP contribution in [0.5, 0.6) is 0 Å². The Kier molecular flexibility index (Phi) is 4.38. The number of likely N-dealkylation sites (tertiary alicyclic amines) is 1. The lowest BCUT2D eigenvalue weighted by Crippen LogP contribution is -2.47. The predicted octanol–water partition coefficient (Wildman–Crippen LogP) is 2.28. The first-order valence-corrected chi connectivity index (χ1v) is 7.54. The number of urea groups is 1. The summed E-state index contributed by atoms with van der Waals surface area (Å²) in [5.41, 5.74) is 0. The number of thioether (sulfide) groups is 1. The molecule has 2 aliphatic rings. The van der Waals surface area contributed by atoms with Crippen molar-refractivity contribution in [3.8, 4) is 0 Å². The second kappa shape index (κ2) is 5.80. The molecule has 0 aromatic rings. The molecule has 0 N–H and O–H groups in total. The Hall–Kier alpha value is -0.380. The second-order valence-corrected chi connectivity index (χ2v) is 6.13. The smallest absolute Gasteiger partial charge is 0.320 e. The van der Waals surface area contributed by atoms with Gasteiger partial charge in [0.05, 0.1) is 0 Å². The number of hydrogen-bond acceptors (Lipinski definition) is 2. The molecular formula is C12H22N2OS. The molecule has 4 heteroatoms. The van der Waals surface area contributed by atoms with Crippen molar-refractivity contribution in [1.82, 2.24) is 9.80 Å². The van der Waals surface area contributed by atoms with Crippen LogP contribution in [0.25, 0.3) is 0 Å². The fraction of sp³-hybridized carbons (Fsp3) is 0.917. The van der Waals surface area contributed by atoms with E-state index >= 15 is 0 Å². The number of carbonyl (C=O) groups is 1. The van der Waals surface area contributed by atoms with Gasteiger partial charge in [-0.05, 0) is 30.9 Å². The van der Waals surface area contributed by atoms with Crippen LogP contribution < -0.4 is 0 Å². The molecule has 0 aromatic heterocycles. The molecule has 16 heavy (non-hydrogen) atoms. The molecule has 0 aromatic carbocycles. The number of carbonyl (C=O) groups excluding carboxylic acids is 1. The summed E-state index contributed by atoms with van der Waals surface area (Å²) in [5, 5.41) is 0. The number of hydrogen-bond donors (Lipinski definition) is 0. The Bertz CT molecular complexity index is 231. The summed E-state index contributed by atoms with van der Waals surface area (Å²) in [4.78, 5) is 16.4. The fourth-order valence-corrected chi connectivity index (χ4v) is 3.22. The van der Waals surface area contributed by atoms with Gasteiger partial charge in [0.25, 0.3) is 0 Å². The molecule has 0 radical (unpaired) electrons. The monoisotopic (exact) mass is 242 g/mol. The summed E-state index contributed by atoms with van der Waals surface area (Å²) in [6, 6.07) is 0.286. The van der Waals surface area contributed by atoms with Crippen molar-refractivity contribution < 1.29 is 4.79 Å². The third-order valence-electron chi connectivity index (χ3n) is 3.55. The summed E-state index contributed by atoms with van der Waals surface area (Å²) in [6.45, 7) is 6.10. The molecule has 0 unspecified atom stereocenters. The summed E-state index contributed by atoms with van der Waals surface area (Å²) < 4.78 is 0. The molecule has 92 valence electrons. The van der Waals surface area contributed by atoms with Crippen LogP contribution in [0.4, 0.5) is 4.79 Å². The zero-order valence-electron chi connectivity index (χ0n) is 10.2. The predicted molar refractivity (Wildman–Crippen MR) is 68.9 cm³/mol. The largest absolute Gasteiger partial charge is 0.325 e. The lowest BCUT2D eigenvalue weighted by Gasteiger charge is -2.34. The van der Waals surface area contributed by atoms with Crippen molar-refractivity contribution in [1.29, 1.82) is 0 Å². The molecule has 2 rings (SSSR count). The molecule has 0 bridgehead atoms. The van der Waals surface area contributed by atoms with E-state index in [2.05, 4.69) is 16.7 Å². The highest BCUT2D eigenvalue weighted by Gasteiger charge is 2.24. The highest BCUT2D eigenvalue weighted by atomic mass is 32.2. The molecule has 2 heterocycles. The van der Waals surface area contributed by atoms with E-state index < -0.39 is 0 Å². The standard InChI is InChI=1S/C12H22N2OS/c1-11-3-6-14(7-4-11)12(15)13-5-2-9-16-10-8-13/h11H,2-10H2,1H3. The maximum Gasteiger partial charge on any atom is 0.320 e. The average molecular weight is 242 g/mol. The second-order valence-electron chi connectivity index (χ2n) is 4.91. The van der Waals surface area contributed by atoms with Gasteiger partial charge in [-0.3, -0.25) is 0 Å². The van der Waals surface area contributed by atoms with Crippen LogP contribution in [0.3, 0.4) is 0 Å². The number of rotatable bonds is 0. The third kappa shape index (κ3) is 3.06. The van der Waals surface area contributed by atoms with Gasteiger partial charge >= 0.3 is 6.03 Å². The zero-order valence-corrected chi connectivity index (χ0v) is 11.0. The SMILES string of the molecule is CC1CCN(C(=O)N2CCCSCC2)CC1. The van der Waals surface area contributed by atoms with Crippen LogP contribution in [-0.4, -0.2) is 53.5 Å². The number of piperidine rings is 1. The minimum absolute atomic E-state index is 0.286. The first-order valence-electron chi connectivity index (χ1n) is 6.39. The third-order valence-corrected chi connectivity index (χ3v) is 4.60. The van der Waals surface area contributed by atoms with Crippen molar-refractivity contribution in [2.75, 3.05) is 37.7 Å². The molecule has 0 aliphatic carbocycles. The van der Waals surface area contributed by atoms with E-state index in [0.717, 1.165) is 44.3 Å². The molecule has 2 saturated heterocycles. The maximum absolute atomic E-state index is 12.3. The highest BCUT2D eigenvalue weighted by Crippen LogP contribution is 2.18. The van der Waals surface area contributed by atoms with Gasteiger partial charge in [0.15, 0.2) is 0 Å². The quantitative estimate of drug-likeness (QED) is 0.650. The molecule has 2 amide bonds. The topological polar surface area (TPSA) is 23.6 Å². The lowest BCUT2D eigenvalue weighted by molar-refractivity contribution is 0.137. The van der Waals surface area contributed by atoms with E-state index in [1.165, 1.54) is 18.6 Å². The van der Waals surface area contributed by atoms with Gasteiger partial charge in [-0.25, -0.2) is 4.79 Å². The minimum atomic E-state index is 0.286. The van der Waals surface area contributed by atoms with Gasteiger partial charge in [-0.2, -0.15) is 11.8 Å². The van der Waals surface area contributed by atoms with E-state index in [0.29, 0.717) is 0 Å². The molecule has 0 saturated carbocycles. The van der Waals surface area contributed by atoms with Gasteiger partial charge in [0.1, 0.15) is 0 Å². The van der Waals surface area contributed by atoms with Crippen molar-refractivity contribution in [2.24, 2.45) is 5.92 Å². The van der Waals surface area contributed by atoms with Crippen molar-refractivity contribution in [3.63, 3.8) is 0 Å². The molecule has 2 aliphatic heterocycles. The normalized spacial score (nSPS) is 24.3. The van der Waals surface area contributed by atoms with Gasteiger partial charge in [0.2, 0.25) is 0 Å². The van der Waals surface area contributed by atoms with Crippen molar-refractivity contribution in [3.05, 3.63) is 0 Å². The first-order chi connectivity index (χ1) is 7.77. The van der Waals surface area contributed by atoms with Gasteiger partial charge in [-0.1, -0.05) is 6.92 Å². The summed E-state index contributed by atoms with van der Waals surface area (Å²) in [7, 11) is 0. The van der Waals surface area contributed by atoms with E-state index in [9.17, 15) is 4.79 Å². The Labute approximate surface area is 103 Å². The molecule has 0 atom stereocenters. The van der Waals surface area contributed by atoms with E-state index in [1.807, 2.05) is 11.8 Å². The van der Waals surface area contributed by atoms with E-state index in [1.54, 1.807) is 0 Å². The minimum Gasteiger partial charge on any atom is -0.325 e. The summed E-state index contributed by atoms with van der Waals surface area (Å²) >= 11 is 1.97. The number of nitrogens with zero attached hydrogens (tertiary/aromatic N) is 2. The van der Waals surface area contributed by atoms with Crippen LogP contribution in [0.15, 0.2) is 0 Å². The Balaban J connectivity index is 1.85. The van der Waals surface area contributed by atoms with Crippen molar-refractivity contribution >= 4 is 17.8 Å². The van der Waals surface area contributed by atoms with Crippen molar-refractivity contribution in [2.45, 2.75) is 26.2 Å². The fourth-order valence-electron chi connectivity index (χ4n) is 2.34. The molecular weight excluding hydrogens is 220 g/mol. The average Bonchev–Trinajstić information content (AvgIpc) is 2.57. The van der Waals surface area contributed by atoms with E-state index in [4.69, 9.17) is 0 Å². The van der Waals surface area contributed by atoms with Crippen LogP contribution in [0, 0.1) is 5.92 Å². The molecule has 3 nitrogen and oxygen atoms in total. The maximum atomic E-state index is 12.3. The molecule has 0 spiro atoms. The summed E-state index contributed by atoms with van der Waals surface area (Å²) in [6.07, 6.45) is 3.50. The van der Waals surface area contributed by atoms with Crippen LogP contribution in [-0.2, 0) is 0 Å². The zero-order chi connectivity index (χ0) is 11.4.